The third-order valence-electron chi connectivity index (χ3n) is 3.99. The molecule has 0 aromatic rings. The van der Waals surface area contributed by atoms with Gasteiger partial charge in [0, 0.05) is 18.0 Å². The third kappa shape index (κ3) is 2.61. The van der Waals surface area contributed by atoms with Gasteiger partial charge in [-0.2, -0.15) is 0 Å². The SMILES string of the molecule is CCOC(=O)C1C[C@@]2(CN)C[C@H]2N1C(=O)OC(C)(C)C. The van der Waals surface area contributed by atoms with Gasteiger partial charge in [0.05, 0.1) is 6.61 Å². The van der Waals surface area contributed by atoms with E-state index in [0.717, 1.165) is 6.42 Å². The number of ether oxygens (including phenoxy) is 2. The second-order valence-electron chi connectivity index (χ2n) is 6.65. The second kappa shape index (κ2) is 4.91. The lowest BCUT2D eigenvalue weighted by molar-refractivity contribution is -0.149. The van der Waals surface area contributed by atoms with Gasteiger partial charge in [0.1, 0.15) is 11.6 Å². The van der Waals surface area contributed by atoms with Crippen LogP contribution in [0.15, 0.2) is 0 Å². The molecule has 1 saturated heterocycles. The molecule has 1 amide bonds. The van der Waals surface area contributed by atoms with E-state index in [-0.39, 0.29) is 17.4 Å². The van der Waals surface area contributed by atoms with Gasteiger partial charge in [0.15, 0.2) is 0 Å². The molecule has 1 unspecified atom stereocenters. The highest BCUT2D eigenvalue weighted by atomic mass is 16.6. The molecule has 2 fully saturated rings. The number of nitrogens with two attached hydrogens (primary N) is 1. The average molecular weight is 284 g/mol. The van der Waals surface area contributed by atoms with Crippen molar-refractivity contribution in [1.82, 2.24) is 4.90 Å². The maximum atomic E-state index is 12.3. The van der Waals surface area contributed by atoms with Gasteiger partial charge in [-0.25, -0.2) is 9.59 Å². The molecule has 0 spiro atoms. The van der Waals surface area contributed by atoms with E-state index in [1.165, 1.54) is 4.90 Å². The Labute approximate surface area is 119 Å². The zero-order chi connectivity index (χ0) is 15.1. The summed E-state index contributed by atoms with van der Waals surface area (Å²) in [7, 11) is 0. The Kier molecular flexibility index (Phi) is 3.71. The molecule has 0 aromatic carbocycles. The van der Waals surface area contributed by atoms with Crippen LogP contribution in [0.1, 0.15) is 40.5 Å². The third-order valence-corrected chi connectivity index (χ3v) is 3.99. The molecule has 1 aliphatic carbocycles. The number of fused-ring (bicyclic) bond motifs is 1. The van der Waals surface area contributed by atoms with Crippen molar-refractivity contribution >= 4 is 12.1 Å². The Bertz CT molecular complexity index is 418. The summed E-state index contributed by atoms with van der Waals surface area (Å²) in [5.74, 6) is -0.363. The minimum atomic E-state index is -0.584. The van der Waals surface area contributed by atoms with Gasteiger partial charge in [-0.05, 0) is 40.5 Å². The maximum absolute atomic E-state index is 12.3. The summed E-state index contributed by atoms with van der Waals surface area (Å²) in [6.45, 7) is 7.96. The summed E-state index contributed by atoms with van der Waals surface area (Å²) in [5, 5.41) is 0. The molecule has 0 aromatic heterocycles. The van der Waals surface area contributed by atoms with Crippen LogP contribution in [0, 0.1) is 5.41 Å². The molecule has 0 bridgehead atoms. The van der Waals surface area contributed by atoms with Crippen molar-refractivity contribution in [3.63, 3.8) is 0 Å². The molecular formula is C14H24N2O4. The lowest BCUT2D eigenvalue weighted by Crippen LogP contribution is -2.46. The van der Waals surface area contributed by atoms with E-state index in [1.807, 2.05) is 20.8 Å². The summed E-state index contributed by atoms with van der Waals surface area (Å²) >= 11 is 0. The average Bonchev–Trinajstić information content (AvgIpc) is 2.93. The Morgan fingerprint density at radius 3 is 2.50 bits per heavy atom. The number of esters is 1. The van der Waals surface area contributed by atoms with E-state index >= 15 is 0 Å². The van der Waals surface area contributed by atoms with Crippen LogP contribution in [0.5, 0.6) is 0 Å². The zero-order valence-electron chi connectivity index (χ0n) is 12.6. The van der Waals surface area contributed by atoms with Gasteiger partial charge < -0.3 is 15.2 Å². The minimum Gasteiger partial charge on any atom is -0.464 e. The fraction of sp³-hybridized carbons (Fsp3) is 0.857. The highest BCUT2D eigenvalue weighted by Crippen LogP contribution is 2.59. The van der Waals surface area contributed by atoms with Crippen molar-refractivity contribution in [3.05, 3.63) is 0 Å². The summed E-state index contributed by atoms with van der Waals surface area (Å²) in [6, 6.07) is -0.552. The lowest BCUT2D eigenvalue weighted by Gasteiger charge is -2.29. The van der Waals surface area contributed by atoms with E-state index < -0.39 is 17.7 Å². The van der Waals surface area contributed by atoms with Crippen LogP contribution in [0.25, 0.3) is 0 Å². The van der Waals surface area contributed by atoms with Crippen molar-refractivity contribution in [2.75, 3.05) is 13.2 Å². The van der Waals surface area contributed by atoms with Crippen molar-refractivity contribution in [2.24, 2.45) is 11.1 Å². The quantitative estimate of drug-likeness (QED) is 0.789. The maximum Gasteiger partial charge on any atom is 0.411 e. The molecule has 114 valence electrons. The molecule has 2 rings (SSSR count). The Morgan fingerprint density at radius 1 is 1.35 bits per heavy atom. The van der Waals surface area contributed by atoms with E-state index in [9.17, 15) is 9.59 Å². The van der Waals surface area contributed by atoms with Crippen LogP contribution in [0.4, 0.5) is 4.79 Å². The predicted octanol–water partition coefficient (Wildman–Crippen LogP) is 1.28. The molecule has 6 nitrogen and oxygen atoms in total. The Balaban J connectivity index is 2.15. The number of piperidine rings is 1. The number of nitrogens with zero attached hydrogens (tertiary/aromatic N) is 1. The highest BCUT2D eigenvalue weighted by Gasteiger charge is 2.67. The van der Waals surface area contributed by atoms with Gasteiger partial charge in [0.25, 0.3) is 0 Å². The molecule has 2 aliphatic rings. The van der Waals surface area contributed by atoms with Crippen LogP contribution < -0.4 is 5.73 Å². The summed E-state index contributed by atoms with van der Waals surface area (Å²) in [6.07, 6.45) is 0.971. The molecule has 3 atom stereocenters. The summed E-state index contributed by atoms with van der Waals surface area (Å²) in [4.78, 5) is 25.9. The summed E-state index contributed by atoms with van der Waals surface area (Å²) in [5.41, 5.74) is 5.10. The predicted molar refractivity (Wildman–Crippen MR) is 73.0 cm³/mol. The van der Waals surface area contributed by atoms with Crippen molar-refractivity contribution in [1.29, 1.82) is 0 Å². The largest absolute Gasteiger partial charge is 0.464 e. The van der Waals surface area contributed by atoms with Crippen LogP contribution in [-0.4, -0.2) is 47.8 Å². The molecule has 2 N–H and O–H groups in total. The first-order chi connectivity index (χ1) is 9.24. The number of rotatable bonds is 3. The number of carbonyl (C=O) groups excluding carboxylic acids is 2. The van der Waals surface area contributed by atoms with E-state index in [1.54, 1.807) is 6.92 Å². The van der Waals surface area contributed by atoms with E-state index in [0.29, 0.717) is 19.6 Å². The first kappa shape index (κ1) is 15.1. The van der Waals surface area contributed by atoms with Crippen molar-refractivity contribution in [3.8, 4) is 0 Å². The Hall–Kier alpha value is -1.30. The topological polar surface area (TPSA) is 81.9 Å². The van der Waals surface area contributed by atoms with Crippen LogP contribution in [0.3, 0.4) is 0 Å². The van der Waals surface area contributed by atoms with E-state index in [2.05, 4.69) is 0 Å². The normalized spacial score (nSPS) is 31.8. The molecule has 6 heteroatoms. The van der Waals surface area contributed by atoms with Crippen molar-refractivity contribution in [2.45, 2.75) is 58.2 Å². The zero-order valence-corrected chi connectivity index (χ0v) is 12.6. The Morgan fingerprint density at radius 2 is 2.00 bits per heavy atom. The van der Waals surface area contributed by atoms with E-state index in [4.69, 9.17) is 15.2 Å². The standard InChI is InChI=1S/C14H24N2O4/c1-5-19-11(17)9-6-14(8-15)7-10(14)16(9)12(18)20-13(2,3)4/h9-10H,5-8,15H2,1-4H3/t9?,10-,14+/m1/s1. The van der Waals surface area contributed by atoms with Gasteiger partial charge in [-0.3, -0.25) is 4.90 Å². The number of carbonyl (C=O) groups is 2. The van der Waals surface area contributed by atoms with Crippen molar-refractivity contribution < 1.29 is 19.1 Å². The molecule has 1 aliphatic heterocycles. The molecular weight excluding hydrogens is 260 g/mol. The monoisotopic (exact) mass is 284 g/mol. The number of hydrogen-bond donors (Lipinski definition) is 1. The van der Waals surface area contributed by atoms with Gasteiger partial charge >= 0.3 is 12.1 Å². The minimum absolute atomic E-state index is 0.0109. The summed E-state index contributed by atoms with van der Waals surface area (Å²) < 4.78 is 10.5. The van der Waals surface area contributed by atoms with Crippen LogP contribution in [-0.2, 0) is 14.3 Å². The smallest absolute Gasteiger partial charge is 0.411 e. The van der Waals surface area contributed by atoms with Gasteiger partial charge in [0.2, 0.25) is 0 Å². The molecule has 20 heavy (non-hydrogen) atoms. The van der Waals surface area contributed by atoms with Crippen LogP contribution >= 0.6 is 0 Å². The first-order valence-corrected chi connectivity index (χ1v) is 7.12. The highest BCUT2D eigenvalue weighted by molar-refractivity contribution is 5.83. The molecule has 1 saturated carbocycles. The molecule has 0 radical (unpaired) electrons. The number of likely N-dealkylation sites (tertiary alicyclic amines) is 1. The number of hydrogen-bond acceptors (Lipinski definition) is 5. The molecule has 1 heterocycles. The second-order valence-corrected chi connectivity index (χ2v) is 6.65. The first-order valence-electron chi connectivity index (χ1n) is 7.12. The van der Waals surface area contributed by atoms with Crippen LogP contribution in [0.2, 0.25) is 0 Å². The van der Waals surface area contributed by atoms with Gasteiger partial charge in [-0.1, -0.05) is 0 Å². The van der Waals surface area contributed by atoms with Gasteiger partial charge in [-0.15, -0.1) is 0 Å². The lowest BCUT2D eigenvalue weighted by atomic mass is 10.00. The fourth-order valence-electron chi connectivity index (χ4n) is 2.95. The number of amides is 1. The fourth-order valence-corrected chi connectivity index (χ4v) is 2.95.